The Morgan fingerprint density at radius 3 is 2.90 bits per heavy atom. The number of rotatable bonds is 4. The van der Waals surface area contributed by atoms with Gasteiger partial charge in [0.25, 0.3) is 5.89 Å². The predicted octanol–water partition coefficient (Wildman–Crippen LogP) is 3.20. The van der Waals surface area contributed by atoms with Gasteiger partial charge in [0.05, 0.1) is 6.61 Å². The van der Waals surface area contributed by atoms with Gasteiger partial charge >= 0.3 is 0 Å². The fourth-order valence-corrected chi connectivity index (χ4v) is 2.40. The second-order valence-electron chi connectivity index (χ2n) is 5.95. The molecular weight excluding hydrogens is 268 g/mol. The van der Waals surface area contributed by atoms with E-state index < -0.39 is 5.60 Å². The first-order valence-electron chi connectivity index (χ1n) is 7.22. The average molecular weight is 288 g/mol. The number of benzene rings is 1. The zero-order valence-corrected chi connectivity index (χ0v) is 12.6. The van der Waals surface area contributed by atoms with Crippen molar-refractivity contribution in [2.24, 2.45) is 0 Å². The van der Waals surface area contributed by atoms with Crippen LogP contribution in [0, 0.1) is 6.92 Å². The number of nitrogens with zero attached hydrogens (tertiary/aromatic N) is 2. The Hall–Kier alpha value is -1.88. The molecule has 0 saturated carbocycles. The van der Waals surface area contributed by atoms with Gasteiger partial charge in [-0.2, -0.15) is 4.98 Å². The van der Waals surface area contributed by atoms with E-state index in [0.29, 0.717) is 18.3 Å². The molecule has 1 atom stereocenters. The number of ether oxygens (including phenoxy) is 2. The zero-order valence-electron chi connectivity index (χ0n) is 12.6. The van der Waals surface area contributed by atoms with Gasteiger partial charge in [0, 0.05) is 12.5 Å². The molecule has 1 aromatic heterocycles. The summed E-state index contributed by atoms with van der Waals surface area (Å²) in [5.41, 5.74) is 0.482. The molecule has 1 fully saturated rings. The number of hydrogen-bond acceptors (Lipinski definition) is 5. The minimum atomic E-state index is -0.668. The molecule has 0 unspecified atom stereocenters. The van der Waals surface area contributed by atoms with Crippen molar-refractivity contribution < 1.29 is 14.0 Å². The highest BCUT2D eigenvalue weighted by atomic mass is 16.5. The zero-order chi connectivity index (χ0) is 14.9. The van der Waals surface area contributed by atoms with E-state index in [1.807, 2.05) is 45.0 Å². The van der Waals surface area contributed by atoms with Gasteiger partial charge in [-0.3, -0.25) is 0 Å². The lowest BCUT2D eigenvalue weighted by molar-refractivity contribution is 0.0691. The maximum atomic E-state index is 6.02. The largest absolute Gasteiger partial charge is 0.478 e. The number of hydrogen-bond donors (Lipinski definition) is 0. The molecule has 1 aliphatic rings. The summed E-state index contributed by atoms with van der Waals surface area (Å²) in [4.78, 5) is 4.50. The van der Waals surface area contributed by atoms with E-state index in [9.17, 15) is 0 Å². The van der Waals surface area contributed by atoms with E-state index in [2.05, 4.69) is 10.1 Å². The van der Waals surface area contributed by atoms with Crippen molar-refractivity contribution in [2.75, 3.05) is 13.2 Å². The summed E-state index contributed by atoms with van der Waals surface area (Å²) >= 11 is 0. The van der Waals surface area contributed by atoms with E-state index in [4.69, 9.17) is 14.0 Å². The summed E-state index contributed by atoms with van der Waals surface area (Å²) in [6.07, 6.45) is 0.943. The van der Waals surface area contributed by atoms with E-state index in [1.54, 1.807) is 0 Å². The summed E-state index contributed by atoms with van der Waals surface area (Å²) < 4.78 is 16.8. The van der Waals surface area contributed by atoms with Gasteiger partial charge < -0.3 is 14.0 Å². The number of aryl methyl sites for hydroxylation is 1. The van der Waals surface area contributed by atoms with Crippen LogP contribution in [0.2, 0.25) is 0 Å². The molecule has 0 amide bonds. The van der Waals surface area contributed by atoms with Crippen molar-refractivity contribution in [1.29, 1.82) is 0 Å². The van der Waals surface area contributed by atoms with Crippen LogP contribution in [-0.2, 0) is 10.3 Å². The molecule has 1 aromatic carbocycles. The first-order chi connectivity index (χ1) is 10.0. The molecule has 112 valence electrons. The van der Waals surface area contributed by atoms with Crippen LogP contribution in [0.4, 0.5) is 0 Å². The Morgan fingerprint density at radius 2 is 2.19 bits per heavy atom. The van der Waals surface area contributed by atoms with Crippen LogP contribution in [0.1, 0.15) is 43.5 Å². The minimum Gasteiger partial charge on any atom is -0.478 e. The van der Waals surface area contributed by atoms with Crippen molar-refractivity contribution >= 4 is 0 Å². The van der Waals surface area contributed by atoms with E-state index in [1.165, 1.54) is 0 Å². The molecule has 3 rings (SSSR count). The molecule has 2 heterocycles. The standard InChI is InChI=1S/C16H20N2O3/c1-11-5-4-6-13(9-11)20-16(2,3)15-17-14(18-21-15)12-7-8-19-10-12/h4-6,9,12H,7-8,10H2,1-3H3/t12-/m0/s1. The highest BCUT2D eigenvalue weighted by Crippen LogP contribution is 2.29. The van der Waals surface area contributed by atoms with E-state index in [-0.39, 0.29) is 5.92 Å². The highest BCUT2D eigenvalue weighted by molar-refractivity contribution is 5.28. The normalized spacial score (nSPS) is 18.9. The average Bonchev–Trinajstić information content (AvgIpc) is 3.10. The molecule has 21 heavy (non-hydrogen) atoms. The van der Waals surface area contributed by atoms with Gasteiger partial charge in [0.15, 0.2) is 11.4 Å². The van der Waals surface area contributed by atoms with Crippen molar-refractivity contribution in [3.05, 3.63) is 41.5 Å². The molecular formula is C16H20N2O3. The van der Waals surface area contributed by atoms with Gasteiger partial charge in [0.2, 0.25) is 0 Å². The number of aromatic nitrogens is 2. The third-order valence-electron chi connectivity index (χ3n) is 3.61. The molecule has 1 aliphatic heterocycles. The lowest BCUT2D eigenvalue weighted by Crippen LogP contribution is -2.26. The smallest absolute Gasteiger partial charge is 0.270 e. The Balaban J connectivity index is 1.77. The van der Waals surface area contributed by atoms with Crippen molar-refractivity contribution in [3.8, 4) is 5.75 Å². The first kappa shape index (κ1) is 14.1. The van der Waals surface area contributed by atoms with Crippen LogP contribution in [0.3, 0.4) is 0 Å². The summed E-state index contributed by atoms with van der Waals surface area (Å²) in [6.45, 7) is 7.32. The van der Waals surface area contributed by atoms with E-state index in [0.717, 1.165) is 24.3 Å². The van der Waals surface area contributed by atoms with Crippen molar-refractivity contribution in [2.45, 2.75) is 38.7 Å². The molecule has 0 N–H and O–H groups in total. The fourth-order valence-electron chi connectivity index (χ4n) is 2.40. The molecule has 0 radical (unpaired) electrons. The minimum absolute atomic E-state index is 0.234. The van der Waals surface area contributed by atoms with Crippen molar-refractivity contribution in [1.82, 2.24) is 10.1 Å². The Bertz CT molecular complexity index is 615. The van der Waals surface area contributed by atoms with Gasteiger partial charge in [0.1, 0.15) is 5.75 Å². The van der Waals surface area contributed by atoms with Crippen LogP contribution in [0.15, 0.2) is 28.8 Å². The van der Waals surface area contributed by atoms with Crippen LogP contribution in [-0.4, -0.2) is 23.4 Å². The van der Waals surface area contributed by atoms with E-state index >= 15 is 0 Å². The van der Waals surface area contributed by atoms with Crippen LogP contribution >= 0.6 is 0 Å². The molecule has 5 heteroatoms. The molecule has 1 saturated heterocycles. The summed E-state index contributed by atoms with van der Waals surface area (Å²) in [7, 11) is 0. The summed E-state index contributed by atoms with van der Waals surface area (Å²) in [5.74, 6) is 2.23. The third kappa shape index (κ3) is 3.08. The van der Waals surface area contributed by atoms with Crippen LogP contribution in [0.25, 0.3) is 0 Å². The SMILES string of the molecule is Cc1cccc(OC(C)(C)c2nc([C@H]3CCOC3)no2)c1. The Labute approximate surface area is 124 Å². The fraction of sp³-hybridized carbons (Fsp3) is 0.500. The molecule has 5 nitrogen and oxygen atoms in total. The quantitative estimate of drug-likeness (QED) is 0.864. The predicted molar refractivity (Wildman–Crippen MR) is 77.3 cm³/mol. The maximum absolute atomic E-state index is 6.02. The molecule has 0 bridgehead atoms. The maximum Gasteiger partial charge on any atom is 0.270 e. The Kier molecular flexibility index (Phi) is 3.68. The highest BCUT2D eigenvalue weighted by Gasteiger charge is 2.32. The Morgan fingerprint density at radius 1 is 1.33 bits per heavy atom. The first-order valence-corrected chi connectivity index (χ1v) is 7.22. The second kappa shape index (κ2) is 5.48. The third-order valence-corrected chi connectivity index (χ3v) is 3.61. The lowest BCUT2D eigenvalue weighted by Gasteiger charge is -2.22. The second-order valence-corrected chi connectivity index (χ2v) is 5.95. The van der Waals surface area contributed by atoms with Gasteiger partial charge in [-0.25, -0.2) is 0 Å². The summed E-state index contributed by atoms with van der Waals surface area (Å²) in [5, 5.41) is 4.08. The van der Waals surface area contributed by atoms with Crippen LogP contribution in [0.5, 0.6) is 5.75 Å². The monoisotopic (exact) mass is 288 g/mol. The molecule has 0 spiro atoms. The summed E-state index contributed by atoms with van der Waals surface area (Å²) in [6, 6.07) is 7.92. The van der Waals surface area contributed by atoms with Gasteiger partial charge in [-0.05, 0) is 44.9 Å². The van der Waals surface area contributed by atoms with Gasteiger partial charge in [-0.15, -0.1) is 0 Å². The molecule has 0 aliphatic carbocycles. The topological polar surface area (TPSA) is 57.4 Å². The lowest BCUT2D eigenvalue weighted by atomic mass is 10.1. The van der Waals surface area contributed by atoms with Gasteiger partial charge in [-0.1, -0.05) is 17.3 Å². The van der Waals surface area contributed by atoms with Crippen LogP contribution < -0.4 is 4.74 Å². The molecule has 2 aromatic rings. The van der Waals surface area contributed by atoms with Crippen molar-refractivity contribution in [3.63, 3.8) is 0 Å².